The van der Waals surface area contributed by atoms with Gasteiger partial charge in [0.05, 0.1) is 0 Å². The Morgan fingerprint density at radius 1 is 1.06 bits per heavy atom. The van der Waals surface area contributed by atoms with Crippen molar-refractivity contribution in [2.24, 2.45) is 5.92 Å². The lowest BCUT2D eigenvalue weighted by Gasteiger charge is -2.29. The summed E-state index contributed by atoms with van der Waals surface area (Å²) in [6, 6.07) is 0.802. The Balaban J connectivity index is 1.91. The number of hydrogen-bond donors (Lipinski definition) is 1. The molecule has 0 aliphatic heterocycles. The normalized spacial score (nSPS) is 18.4. The first kappa shape index (κ1) is 14.0. The zero-order valence-electron chi connectivity index (χ0n) is 11.4. The fourth-order valence-electron chi connectivity index (χ4n) is 2.68. The van der Waals surface area contributed by atoms with Crippen LogP contribution in [0.1, 0.15) is 77.6 Å². The third kappa shape index (κ3) is 5.89. The van der Waals surface area contributed by atoms with E-state index in [9.17, 15) is 0 Å². The van der Waals surface area contributed by atoms with Gasteiger partial charge >= 0.3 is 0 Å². The van der Waals surface area contributed by atoms with Crippen molar-refractivity contribution in [1.82, 2.24) is 5.32 Å². The average Bonchev–Trinajstić information content (AvgIpc) is 2.25. The molecular formula is C15H31N. The third-order valence-electron chi connectivity index (χ3n) is 4.16. The molecule has 1 saturated carbocycles. The van der Waals surface area contributed by atoms with Gasteiger partial charge in [-0.05, 0) is 25.8 Å². The van der Waals surface area contributed by atoms with Crippen LogP contribution in [0.4, 0.5) is 0 Å². The molecular weight excluding hydrogens is 194 g/mol. The monoisotopic (exact) mass is 225 g/mol. The minimum absolute atomic E-state index is 0.802. The standard InChI is InChI=1S/C15H31N/c1-3-4-5-6-7-8-12-15(16-2)13-14-10-9-11-14/h14-16H,3-13H2,1-2H3. The first-order chi connectivity index (χ1) is 7.86. The van der Waals surface area contributed by atoms with E-state index in [4.69, 9.17) is 0 Å². The van der Waals surface area contributed by atoms with Crippen LogP contribution in [0.2, 0.25) is 0 Å². The van der Waals surface area contributed by atoms with Gasteiger partial charge in [-0.25, -0.2) is 0 Å². The molecule has 0 aromatic heterocycles. The van der Waals surface area contributed by atoms with Gasteiger partial charge in [0.15, 0.2) is 0 Å². The van der Waals surface area contributed by atoms with E-state index >= 15 is 0 Å². The Labute approximate surface area is 102 Å². The molecule has 1 N–H and O–H groups in total. The van der Waals surface area contributed by atoms with Crippen LogP contribution in [-0.2, 0) is 0 Å². The molecule has 96 valence electrons. The highest BCUT2D eigenvalue weighted by molar-refractivity contribution is 4.76. The Morgan fingerprint density at radius 2 is 1.75 bits per heavy atom. The van der Waals surface area contributed by atoms with E-state index in [0.717, 1.165) is 12.0 Å². The summed E-state index contributed by atoms with van der Waals surface area (Å²) in [5, 5.41) is 3.50. The fourth-order valence-corrected chi connectivity index (χ4v) is 2.68. The molecule has 1 nitrogen and oxygen atoms in total. The summed E-state index contributed by atoms with van der Waals surface area (Å²) in [5.41, 5.74) is 0. The van der Waals surface area contributed by atoms with Crippen LogP contribution in [0.25, 0.3) is 0 Å². The topological polar surface area (TPSA) is 12.0 Å². The van der Waals surface area contributed by atoms with Gasteiger partial charge in [-0.15, -0.1) is 0 Å². The number of nitrogens with one attached hydrogen (secondary N) is 1. The summed E-state index contributed by atoms with van der Waals surface area (Å²) in [7, 11) is 2.14. The van der Waals surface area contributed by atoms with Gasteiger partial charge in [0.1, 0.15) is 0 Å². The largest absolute Gasteiger partial charge is 0.317 e. The maximum atomic E-state index is 3.50. The van der Waals surface area contributed by atoms with E-state index in [1.54, 1.807) is 0 Å². The zero-order chi connectivity index (χ0) is 11.6. The molecule has 1 atom stereocenters. The summed E-state index contributed by atoms with van der Waals surface area (Å²) < 4.78 is 0. The van der Waals surface area contributed by atoms with Crippen molar-refractivity contribution in [2.75, 3.05) is 7.05 Å². The van der Waals surface area contributed by atoms with Crippen LogP contribution in [-0.4, -0.2) is 13.1 Å². The van der Waals surface area contributed by atoms with Gasteiger partial charge in [-0.3, -0.25) is 0 Å². The van der Waals surface area contributed by atoms with Crippen molar-refractivity contribution in [3.05, 3.63) is 0 Å². The summed E-state index contributed by atoms with van der Waals surface area (Å²) in [6.45, 7) is 2.29. The molecule has 1 fully saturated rings. The Kier molecular flexibility index (Phi) is 7.92. The van der Waals surface area contributed by atoms with Crippen LogP contribution >= 0.6 is 0 Å². The Morgan fingerprint density at radius 3 is 2.31 bits per heavy atom. The van der Waals surface area contributed by atoms with Gasteiger partial charge in [0, 0.05) is 6.04 Å². The van der Waals surface area contributed by atoms with Gasteiger partial charge in [0.2, 0.25) is 0 Å². The molecule has 16 heavy (non-hydrogen) atoms. The van der Waals surface area contributed by atoms with Gasteiger partial charge in [-0.1, -0.05) is 64.7 Å². The van der Waals surface area contributed by atoms with Crippen molar-refractivity contribution in [3.8, 4) is 0 Å². The number of rotatable bonds is 10. The lowest BCUT2D eigenvalue weighted by molar-refractivity contribution is 0.257. The van der Waals surface area contributed by atoms with Gasteiger partial charge < -0.3 is 5.32 Å². The quantitative estimate of drug-likeness (QED) is 0.539. The Bertz CT molecular complexity index is 152. The van der Waals surface area contributed by atoms with Crippen LogP contribution in [0.5, 0.6) is 0 Å². The van der Waals surface area contributed by atoms with Crippen molar-refractivity contribution in [1.29, 1.82) is 0 Å². The van der Waals surface area contributed by atoms with E-state index < -0.39 is 0 Å². The average molecular weight is 225 g/mol. The minimum Gasteiger partial charge on any atom is -0.317 e. The van der Waals surface area contributed by atoms with Crippen molar-refractivity contribution in [2.45, 2.75) is 83.6 Å². The predicted molar refractivity (Wildman–Crippen MR) is 72.8 cm³/mol. The van der Waals surface area contributed by atoms with Crippen LogP contribution in [0.15, 0.2) is 0 Å². The van der Waals surface area contributed by atoms with Crippen molar-refractivity contribution < 1.29 is 0 Å². The van der Waals surface area contributed by atoms with Gasteiger partial charge in [-0.2, -0.15) is 0 Å². The zero-order valence-corrected chi connectivity index (χ0v) is 11.4. The highest BCUT2D eigenvalue weighted by atomic mass is 14.9. The third-order valence-corrected chi connectivity index (χ3v) is 4.16. The van der Waals surface area contributed by atoms with E-state index in [1.165, 1.54) is 70.6 Å². The molecule has 0 aromatic carbocycles. The second-order valence-corrected chi connectivity index (χ2v) is 5.57. The smallest absolute Gasteiger partial charge is 0.00667 e. The summed E-state index contributed by atoms with van der Waals surface area (Å²) in [6.07, 6.45) is 15.9. The molecule has 0 bridgehead atoms. The second-order valence-electron chi connectivity index (χ2n) is 5.57. The molecule has 1 aliphatic rings. The maximum Gasteiger partial charge on any atom is 0.00667 e. The molecule has 0 aromatic rings. The SMILES string of the molecule is CCCCCCCCC(CC1CCC1)NC. The van der Waals surface area contributed by atoms with E-state index in [-0.39, 0.29) is 0 Å². The van der Waals surface area contributed by atoms with E-state index in [1.807, 2.05) is 0 Å². The lowest BCUT2D eigenvalue weighted by Crippen LogP contribution is -2.29. The molecule has 1 rings (SSSR count). The first-order valence-electron chi connectivity index (χ1n) is 7.54. The van der Waals surface area contributed by atoms with Gasteiger partial charge in [0.25, 0.3) is 0 Å². The van der Waals surface area contributed by atoms with E-state index in [0.29, 0.717) is 0 Å². The summed E-state index contributed by atoms with van der Waals surface area (Å²) >= 11 is 0. The van der Waals surface area contributed by atoms with Crippen LogP contribution in [0, 0.1) is 5.92 Å². The second kappa shape index (κ2) is 9.04. The number of unbranched alkanes of at least 4 members (excludes halogenated alkanes) is 5. The molecule has 0 radical (unpaired) electrons. The Hall–Kier alpha value is -0.0400. The van der Waals surface area contributed by atoms with Crippen LogP contribution < -0.4 is 5.32 Å². The van der Waals surface area contributed by atoms with Crippen LogP contribution in [0.3, 0.4) is 0 Å². The minimum atomic E-state index is 0.802. The fraction of sp³-hybridized carbons (Fsp3) is 1.00. The van der Waals surface area contributed by atoms with Crippen molar-refractivity contribution >= 4 is 0 Å². The highest BCUT2D eigenvalue weighted by Crippen LogP contribution is 2.31. The molecule has 0 spiro atoms. The maximum absolute atomic E-state index is 3.50. The molecule has 0 saturated heterocycles. The lowest BCUT2D eigenvalue weighted by atomic mass is 9.80. The number of hydrogen-bond acceptors (Lipinski definition) is 1. The molecule has 0 amide bonds. The first-order valence-corrected chi connectivity index (χ1v) is 7.54. The summed E-state index contributed by atoms with van der Waals surface area (Å²) in [5.74, 6) is 1.05. The summed E-state index contributed by atoms with van der Waals surface area (Å²) in [4.78, 5) is 0. The molecule has 1 unspecified atom stereocenters. The predicted octanol–water partition coefficient (Wildman–Crippen LogP) is 4.52. The molecule has 1 aliphatic carbocycles. The highest BCUT2D eigenvalue weighted by Gasteiger charge is 2.20. The molecule has 1 heteroatoms. The van der Waals surface area contributed by atoms with Crippen molar-refractivity contribution in [3.63, 3.8) is 0 Å². The molecule has 0 heterocycles. The van der Waals surface area contributed by atoms with E-state index in [2.05, 4.69) is 19.3 Å².